The van der Waals surface area contributed by atoms with Gasteiger partial charge in [-0.05, 0) is 36.2 Å². The molecule has 0 radical (unpaired) electrons. The Labute approximate surface area is 142 Å². The van der Waals surface area contributed by atoms with Crippen LogP contribution in [0.15, 0.2) is 42.5 Å². The van der Waals surface area contributed by atoms with Gasteiger partial charge >= 0.3 is 0 Å². The van der Waals surface area contributed by atoms with E-state index >= 15 is 0 Å². The minimum Gasteiger partial charge on any atom is -0.352 e. The van der Waals surface area contributed by atoms with E-state index in [-0.39, 0.29) is 24.0 Å². The first-order chi connectivity index (χ1) is 11.9. The Hall–Kier alpha value is -2.83. The zero-order valence-corrected chi connectivity index (χ0v) is 13.1. The number of halogens is 3. The van der Waals surface area contributed by atoms with Crippen LogP contribution in [-0.4, -0.2) is 11.8 Å². The molecule has 2 aromatic carbocycles. The highest BCUT2D eigenvalue weighted by atomic mass is 19.2. The maximum atomic E-state index is 13.1. The van der Waals surface area contributed by atoms with Crippen LogP contribution in [0.4, 0.5) is 18.9 Å². The van der Waals surface area contributed by atoms with Crippen molar-refractivity contribution in [2.45, 2.75) is 13.0 Å². The Morgan fingerprint density at radius 1 is 0.920 bits per heavy atom. The maximum Gasteiger partial charge on any atom is 0.228 e. The van der Waals surface area contributed by atoms with E-state index in [0.717, 1.165) is 17.7 Å². The Morgan fingerprint density at radius 2 is 1.60 bits per heavy atom. The molecular weight excluding hydrogens is 333 g/mol. The summed E-state index contributed by atoms with van der Waals surface area (Å²) < 4.78 is 38.8. The minimum absolute atomic E-state index is 0.140. The second kappa shape index (κ2) is 6.96. The van der Waals surface area contributed by atoms with Gasteiger partial charge in [0.15, 0.2) is 11.6 Å². The van der Waals surface area contributed by atoms with Crippen molar-refractivity contribution >= 4 is 17.5 Å². The van der Waals surface area contributed by atoms with Crippen LogP contribution in [0.25, 0.3) is 0 Å². The normalized spacial score (nSPS) is 18.5. The number of anilines is 1. The summed E-state index contributed by atoms with van der Waals surface area (Å²) in [6, 6.07) is 8.80. The van der Waals surface area contributed by atoms with Gasteiger partial charge in [-0.2, -0.15) is 0 Å². The lowest BCUT2D eigenvalue weighted by Gasteiger charge is -2.07. The number of carbonyl (C=O) groups is 2. The smallest absolute Gasteiger partial charge is 0.228 e. The molecule has 2 N–H and O–H groups in total. The molecule has 0 heterocycles. The molecule has 0 bridgehead atoms. The monoisotopic (exact) mass is 348 g/mol. The van der Waals surface area contributed by atoms with Crippen LogP contribution < -0.4 is 10.6 Å². The van der Waals surface area contributed by atoms with E-state index in [1.165, 1.54) is 18.2 Å². The molecule has 2 amide bonds. The first-order valence-corrected chi connectivity index (χ1v) is 7.72. The average Bonchev–Trinajstić information content (AvgIpc) is 3.38. The van der Waals surface area contributed by atoms with Crippen molar-refractivity contribution in [2.24, 2.45) is 11.8 Å². The first kappa shape index (κ1) is 17.0. The van der Waals surface area contributed by atoms with Crippen molar-refractivity contribution in [1.29, 1.82) is 0 Å². The van der Waals surface area contributed by atoms with Crippen molar-refractivity contribution in [1.82, 2.24) is 5.32 Å². The van der Waals surface area contributed by atoms with Crippen molar-refractivity contribution in [2.75, 3.05) is 5.32 Å². The van der Waals surface area contributed by atoms with Gasteiger partial charge in [0.1, 0.15) is 5.82 Å². The lowest BCUT2D eigenvalue weighted by Crippen LogP contribution is -2.27. The van der Waals surface area contributed by atoms with E-state index in [1.807, 2.05) is 0 Å². The van der Waals surface area contributed by atoms with Crippen LogP contribution in [0.2, 0.25) is 0 Å². The largest absolute Gasteiger partial charge is 0.352 e. The number of hydrogen-bond donors (Lipinski definition) is 2. The van der Waals surface area contributed by atoms with Crippen LogP contribution in [0.3, 0.4) is 0 Å². The number of amides is 2. The number of rotatable bonds is 5. The average molecular weight is 348 g/mol. The summed E-state index contributed by atoms with van der Waals surface area (Å²) in [5.74, 6) is -4.04. The predicted molar refractivity (Wildman–Crippen MR) is 84.8 cm³/mol. The summed E-state index contributed by atoms with van der Waals surface area (Å²) in [6.07, 6.45) is 0.394. The lowest BCUT2D eigenvalue weighted by molar-refractivity contribution is -0.125. The SMILES string of the molecule is O=C(NCc1ccc(F)cc1)C1CC1C(=O)Nc1ccc(F)c(F)c1. The third-order valence-electron chi connectivity index (χ3n) is 4.03. The number of nitrogens with one attached hydrogen (secondary N) is 2. The third-order valence-corrected chi connectivity index (χ3v) is 4.03. The fourth-order valence-electron chi connectivity index (χ4n) is 2.51. The van der Waals surface area contributed by atoms with Crippen molar-refractivity contribution < 1.29 is 22.8 Å². The lowest BCUT2D eigenvalue weighted by atomic mass is 10.2. The molecule has 130 valence electrons. The second-order valence-electron chi connectivity index (χ2n) is 5.91. The zero-order chi connectivity index (χ0) is 18.0. The molecule has 25 heavy (non-hydrogen) atoms. The van der Waals surface area contributed by atoms with Crippen molar-refractivity contribution in [3.8, 4) is 0 Å². The number of carbonyl (C=O) groups excluding carboxylic acids is 2. The van der Waals surface area contributed by atoms with Crippen molar-refractivity contribution in [3.63, 3.8) is 0 Å². The quantitative estimate of drug-likeness (QED) is 0.873. The summed E-state index contributed by atoms with van der Waals surface area (Å²) in [7, 11) is 0. The van der Waals surface area contributed by atoms with Gasteiger partial charge in [-0.15, -0.1) is 0 Å². The molecule has 2 aromatic rings. The van der Waals surface area contributed by atoms with E-state index in [4.69, 9.17) is 0 Å². The Morgan fingerprint density at radius 3 is 2.28 bits per heavy atom. The van der Waals surface area contributed by atoms with Gasteiger partial charge in [0.25, 0.3) is 0 Å². The van der Waals surface area contributed by atoms with E-state index in [0.29, 0.717) is 6.42 Å². The Kier molecular flexibility index (Phi) is 4.74. The first-order valence-electron chi connectivity index (χ1n) is 7.72. The highest BCUT2D eigenvalue weighted by Crippen LogP contribution is 2.39. The third kappa shape index (κ3) is 4.17. The fraction of sp³-hybridized carbons (Fsp3) is 0.222. The minimum atomic E-state index is -1.05. The summed E-state index contributed by atoms with van der Waals surface area (Å²) in [6.45, 7) is 0.243. The van der Waals surface area contributed by atoms with Gasteiger partial charge in [-0.3, -0.25) is 9.59 Å². The number of hydrogen-bond acceptors (Lipinski definition) is 2. The van der Waals surface area contributed by atoms with E-state index in [1.54, 1.807) is 12.1 Å². The summed E-state index contributed by atoms with van der Waals surface area (Å²) in [4.78, 5) is 24.1. The summed E-state index contributed by atoms with van der Waals surface area (Å²) in [5.41, 5.74) is 0.888. The zero-order valence-electron chi connectivity index (χ0n) is 13.1. The molecule has 0 spiro atoms. The molecule has 1 aliphatic rings. The number of benzene rings is 2. The Bertz CT molecular complexity index is 808. The van der Waals surface area contributed by atoms with Gasteiger partial charge in [0.05, 0.1) is 11.8 Å². The predicted octanol–water partition coefficient (Wildman–Crippen LogP) is 2.99. The van der Waals surface area contributed by atoms with E-state index in [2.05, 4.69) is 10.6 Å². The molecule has 1 aliphatic carbocycles. The summed E-state index contributed by atoms with van der Waals surface area (Å²) in [5, 5.41) is 5.16. The Balaban J connectivity index is 1.49. The highest BCUT2D eigenvalue weighted by molar-refractivity contribution is 5.99. The molecule has 7 heteroatoms. The van der Waals surface area contributed by atoms with Crippen LogP contribution >= 0.6 is 0 Å². The van der Waals surface area contributed by atoms with Gasteiger partial charge in [0.2, 0.25) is 11.8 Å². The van der Waals surface area contributed by atoms with Crippen LogP contribution in [-0.2, 0) is 16.1 Å². The molecule has 0 saturated heterocycles. The molecule has 2 unspecified atom stereocenters. The van der Waals surface area contributed by atoms with Crippen molar-refractivity contribution in [3.05, 3.63) is 65.5 Å². The molecule has 1 fully saturated rings. The fourth-order valence-corrected chi connectivity index (χ4v) is 2.51. The topological polar surface area (TPSA) is 58.2 Å². The maximum absolute atomic E-state index is 13.1. The van der Waals surface area contributed by atoms with Gasteiger partial charge < -0.3 is 10.6 Å². The van der Waals surface area contributed by atoms with E-state index in [9.17, 15) is 22.8 Å². The van der Waals surface area contributed by atoms with E-state index < -0.39 is 29.4 Å². The van der Waals surface area contributed by atoms with Crippen LogP contribution in [0.1, 0.15) is 12.0 Å². The van der Waals surface area contributed by atoms with Crippen LogP contribution in [0.5, 0.6) is 0 Å². The summed E-state index contributed by atoms with van der Waals surface area (Å²) >= 11 is 0. The standard InChI is InChI=1S/C18H15F3N2O2/c19-11-3-1-10(2-4-11)9-22-17(24)13-8-14(13)18(25)23-12-5-6-15(20)16(21)7-12/h1-7,13-14H,8-9H2,(H,22,24)(H,23,25). The highest BCUT2D eigenvalue weighted by Gasteiger charge is 2.47. The molecular formula is C18H15F3N2O2. The molecule has 0 aromatic heterocycles. The molecule has 4 nitrogen and oxygen atoms in total. The molecule has 0 aliphatic heterocycles. The molecule has 1 saturated carbocycles. The van der Waals surface area contributed by atoms with Gasteiger partial charge in [-0.25, -0.2) is 13.2 Å². The molecule has 2 atom stereocenters. The second-order valence-corrected chi connectivity index (χ2v) is 5.91. The molecule has 3 rings (SSSR count). The van der Waals surface area contributed by atoms with Gasteiger partial charge in [-0.1, -0.05) is 12.1 Å². The van der Waals surface area contributed by atoms with Crippen LogP contribution in [0, 0.1) is 29.3 Å². The van der Waals surface area contributed by atoms with Gasteiger partial charge in [0, 0.05) is 18.3 Å².